The number of fused-ring (bicyclic) bond motifs is 1. The summed E-state index contributed by atoms with van der Waals surface area (Å²) in [6, 6.07) is 4.62. The van der Waals surface area contributed by atoms with Crippen LogP contribution in [0.2, 0.25) is 0 Å². The highest BCUT2D eigenvalue weighted by molar-refractivity contribution is 7.89. The summed E-state index contributed by atoms with van der Waals surface area (Å²) < 4.78 is 31.3. The largest absolute Gasteiger partial charge is 0.464 e. The lowest BCUT2D eigenvalue weighted by molar-refractivity contribution is 0.196. The summed E-state index contributed by atoms with van der Waals surface area (Å²) in [5.41, 5.74) is 0. The molecule has 1 aliphatic rings. The molecule has 0 spiro atoms. The van der Waals surface area contributed by atoms with Gasteiger partial charge in [-0.25, -0.2) is 13.2 Å². The molecule has 0 radical (unpaired) electrons. The Hall–Kier alpha value is -1.84. The van der Waals surface area contributed by atoms with Gasteiger partial charge in [0.15, 0.2) is 0 Å². The first-order valence-corrected chi connectivity index (χ1v) is 9.71. The molecule has 0 aliphatic carbocycles. The molecule has 3 heterocycles. The van der Waals surface area contributed by atoms with Gasteiger partial charge in [-0.2, -0.15) is 4.31 Å². The fourth-order valence-electron chi connectivity index (χ4n) is 2.63. The van der Waals surface area contributed by atoms with E-state index in [4.69, 9.17) is 4.42 Å². The second-order valence-electron chi connectivity index (χ2n) is 5.81. The molecule has 1 atom stereocenters. The van der Waals surface area contributed by atoms with Crippen LogP contribution in [-0.2, 0) is 16.6 Å². The van der Waals surface area contributed by atoms with E-state index in [-0.39, 0.29) is 23.5 Å². The number of rotatable bonds is 3. The van der Waals surface area contributed by atoms with Crippen LogP contribution in [0.4, 0.5) is 4.79 Å². The maximum absolute atomic E-state index is 12.4. The Morgan fingerprint density at radius 1 is 1.46 bits per heavy atom. The maximum Gasteiger partial charge on any atom is 0.318 e. The Bertz CT molecular complexity index is 856. The van der Waals surface area contributed by atoms with E-state index < -0.39 is 10.0 Å². The number of urea groups is 1. The molecular formula is C15H19N3O4S2. The van der Waals surface area contributed by atoms with Gasteiger partial charge in [-0.05, 0) is 30.5 Å². The van der Waals surface area contributed by atoms with E-state index in [0.29, 0.717) is 17.2 Å². The quantitative estimate of drug-likeness (QED) is 0.899. The van der Waals surface area contributed by atoms with Crippen LogP contribution in [-0.4, -0.2) is 44.3 Å². The first kappa shape index (κ1) is 17.0. The maximum atomic E-state index is 12.4. The number of nitrogens with one attached hydrogen (secondary N) is 1. The third-order valence-corrected chi connectivity index (χ3v) is 6.98. The molecule has 3 rings (SSSR count). The molecule has 0 unspecified atom stereocenters. The number of amides is 2. The number of carbonyl (C=O) groups excluding carboxylic acids is 1. The average molecular weight is 369 g/mol. The molecular weight excluding hydrogens is 350 g/mol. The fourth-order valence-corrected chi connectivity index (χ4v) is 5.33. The minimum atomic E-state index is -3.45. The highest BCUT2D eigenvalue weighted by Gasteiger charge is 2.36. The molecule has 7 nitrogen and oxygen atoms in total. The van der Waals surface area contributed by atoms with Crippen LogP contribution in [0.1, 0.15) is 22.4 Å². The number of nitrogens with zero attached hydrogens (tertiary/aromatic N) is 2. The number of hydrogen-bond acceptors (Lipinski definition) is 5. The zero-order valence-electron chi connectivity index (χ0n) is 13.6. The number of likely N-dealkylation sites (N-methyl/N-ethyl adjacent to an activating group) is 1. The molecule has 0 aromatic carbocycles. The lowest BCUT2D eigenvalue weighted by Gasteiger charge is -2.31. The van der Waals surface area contributed by atoms with Crippen molar-refractivity contribution >= 4 is 27.4 Å². The zero-order valence-corrected chi connectivity index (χ0v) is 15.3. The summed E-state index contributed by atoms with van der Waals surface area (Å²) in [4.78, 5) is 14.9. The predicted molar refractivity (Wildman–Crippen MR) is 90.3 cm³/mol. The van der Waals surface area contributed by atoms with E-state index in [0.717, 1.165) is 5.76 Å². The molecule has 9 heteroatoms. The van der Waals surface area contributed by atoms with Gasteiger partial charge >= 0.3 is 6.03 Å². The number of furan rings is 1. The Morgan fingerprint density at radius 2 is 2.21 bits per heavy atom. The highest BCUT2D eigenvalue weighted by atomic mass is 32.2. The van der Waals surface area contributed by atoms with E-state index in [1.165, 1.54) is 27.6 Å². The molecule has 0 bridgehead atoms. The van der Waals surface area contributed by atoms with Crippen LogP contribution in [0, 0.1) is 6.92 Å². The van der Waals surface area contributed by atoms with Gasteiger partial charge in [0.1, 0.15) is 11.5 Å². The van der Waals surface area contributed by atoms with Gasteiger partial charge in [-0.1, -0.05) is 0 Å². The summed E-state index contributed by atoms with van der Waals surface area (Å²) in [5, 5.41) is 4.64. The molecule has 0 fully saturated rings. The van der Waals surface area contributed by atoms with E-state index in [1.807, 2.05) is 19.1 Å². The van der Waals surface area contributed by atoms with Gasteiger partial charge in [0.2, 0.25) is 10.0 Å². The fraction of sp³-hybridized carbons (Fsp3) is 0.400. The Morgan fingerprint density at radius 3 is 2.88 bits per heavy atom. The molecule has 1 aliphatic heterocycles. The Labute approximate surface area is 144 Å². The summed E-state index contributed by atoms with van der Waals surface area (Å²) >= 11 is 1.34. The van der Waals surface area contributed by atoms with E-state index in [1.54, 1.807) is 18.5 Å². The molecule has 2 amide bonds. The number of carbonyl (C=O) groups is 1. The van der Waals surface area contributed by atoms with Crippen LogP contribution < -0.4 is 5.32 Å². The van der Waals surface area contributed by atoms with Crippen LogP contribution in [0.5, 0.6) is 0 Å². The minimum absolute atomic E-state index is 0.218. The topological polar surface area (TPSA) is 82.9 Å². The van der Waals surface area contributed by atoms with E-state index in [9.17, 15) is 13.2 Å². The number of hydrogen-bond donors (Lipinski definition) is 1. The van der Waals surface area contributed by atoms with Crippen molar-refractivity contribution in [3.63, 3.8) is 0 Å². The van der Waals surface area contributed by atoms with Gasteiger partial charge in [0.05, 0.1) is 17.5 Å². The molecule has 24 heavy (non-hydrogen) atoms. The number of aryl methyl sites for hydroxylation is 1. The Kier molecular flexibility index (Phi) is 4.41. The van der Waals surface area contributed by atoms with Crippen molar-refractivity contribution in [1.29, 1.82) is 0 Å². The normalized spacial score (nSPS) is 19.7. The molecule has 2 aromatic rings. The first-order valence-electron chi connectivity index (χ1n) is 7.39. The lowest BCUT2D eigenvalue weighted by Crippen LogP contribution is -2.46. The van der Waals surface area contributed by atoms with Crippen molar-refractivity contribution in [3.8, 4) is 0 Å². The second kappa shape index (κ2) is 6.23. The van der Waals surface area contributed by atoms with Crippen LogP contribution in [0.15, 0.2) is 32.9 Å². The molecule has 130 valence electrons. The number of thiophene rings is 1. The van der Waals surface area contributed by atoms with Crippen LogP contribution >= 0.6 is 11.3 Å². The second-order valence-corrected chi connectivity index (χ2v) is 8.77. The molecule has 1 N–H and O–H groups in total. The van der Waals surface area contributed by atoms with Crippen molar-refractivity contribution in [3.05, 3.63) is 40.0 Å². The zero-order chi connectivity index (χ0) is 17.5. The van der Waals surface area contributed by atoms with Crippen molar-refractivity contribution < 1.29 is 17.6 Å². The highest BCUT2D eigenvalue weighted by Crippen LogP contribution is 2.35. The van der Waals surface area contributed by atoms with Gasteiger partial charge in [-0.15, -0.1) is 11.3 Å². The van der Waals surface area contributed by atoms with Crippen molar-refractivity contribution in [2.24, 2.45) is 0 Å². The van der Waals surface area contributed by atoms with Crippen molar-refractivity contribution in [1.82, 2.24) is 14.5 Å². The lowest BCUT2D eigenvalue weighted by atomic mass is 10.2. The first-order chi connectivity index (χ1) is 11.3. The monoisotopic (exact) mass is 369 g/mol. The van der Waals surface area contributed by atoms with Crippen molar-refractivity contribution in [2.45, 2.75) is 24.4 Å². The summed E-state index contributed by atoms with van der Waals surface area (Å²) in [6.45, 7) is 2.41. The third-order valence-electron chi connectivity index (χ3n) is 3.94. The van der Waals surface area contributed by atoms with Gasteiger partial charge in [0.25, 0.3) is 0 Å². The Balaban J connectivity index is 1.73. The van der Waals surface area contributed by atoms with Gasteiger partial charge < -0.3 is 14.6 Å². The van der Waals surface area contributed by atoms with Crippen LogP contribution in [0.3, 0.4) is 0 Å². The summed E-state index contributed by atoms with van der Waals surface area (Å²) in [7, 11) is -0.258. The minimum Gasteiger partial charge on any atom is -0.464 e. The standard InChI is InChI=1S/C15H19N3O4S2/c1-10-4-5-11(22-10)8-17(2)15(19)16-12-9-18(3)24(20,21)13-6-7-23-14(12)13/h4-7,12H,8-9H2,1-3H3,(H,16,19)/t12-/m0/s1. The van der Waals surface area contributed by atoms with E-state index in [2.05, 4.69) is 5.32 Å². The predicted octanol–water partition coefficient (Wildman–Crippen LogP) is 2.17. The van der Waals surface area contributed by atoms with Crippen LogP contribution in [0.25, 0.3) is 0 Å². The van der Waals surface area contributed by atoms with Crippen molar-refractivity contribution in [2.75, 3.05) is 20.6 Å². The third kappa shape index (κ3) is 3.06. The average Bonchev–Trinajstić information content (AvgIpc) is 3.14. The molecule has 2 aromatic heterocycles. The summed E-state index contributed by atoms with van der Waals surface area (Å²) in [5.74, 6) is 1.49. The smallest absolute Gasteiger partial charge is 0.318 e. The van der Waals surface area contributed by atoms with Gasteiger partial charge in [0, 0.05) is 25.5 Å². The molecule has 0 saturated heterocycles. The number of sulfonamides is 1. The molecule has 0 saturated carbocycles. The SMILES string of the molecule is Cc1ccc(CN(C)C(=O)N[C@H]2CN(C)S(=O)(=O)c3ccsc32)o1. The van der Waals surface area contributed by atoms with E-state index >= 15 is 0 Å². The summed E-state index contributed by atoms with van der Waals surface area (Å²) in [6.07, 6.45) is 0. The van der Waals surface area contributed by atoms with Gasteiger partial charge in [-0.3, -0.25) is 0 Å².